The lowest BCUT2D eigenvalue weighted by atomic mass is 9.79. The molecule has 128 valence electrons. The number of carbonyl (C=O) groups is 1. The van der Waals surface area contributed by atoms with Crippen LogP contribution in [0.1, 0.15) is 36.0 Å². The van der Waals surface area contributed by atoms with E-state index in [1.807, 2.05) is 13.8 Å². The van der Waals surface area contributed by atoms with Crippen molar-refractivity contribution in [2.45, 2.75) is 58.3 Å². The van der Waals surface area contributed by atoms with E-state index in [1.54, 1.807) is 0 Å². The molecule has 1 saturated heterocycles. The van der Waals surface area contributed by atoms with Gasteiger partial charge in [-0.2, -0.15) is 0 Å². The van der Waals surface area contributed by atoms with Gasteiger partial charge in [-0.15, -0.1) is 0 Å². The van der Waals surface area contributed by atoms with Crippen molar-refractivity contribution in [3.05, 3.63) is 28.8 Å². The van der Waals surface area contributed by atoms with E-state index < -0.39 is 0 Å². The molecule has 24 heavy (non-hydrogen) atoms. The minimum atomic E-state index is -0.293. The van der Waals surface area contributed by atoms with E-state index in [1.165, 1.54) is 18.4 Å². The predicted octanol–water partition coefficient (Wildman–Crippen LogP) is 3.97. The van der Waals surface area contributed by atoms with Crippen molar-refractivity contribution in [1.82, 2.24) is 0 Å². The fourth-order valence-electron chi connectivity index (χ4n) is 6.05. The van der Waals surface area contributed by atoms with E-state index in [4.69, 9.17) is 9.47 Å². The second-order valence-electron chi connectivity index (χ2n) is 8.35. The summed E-state index contributed by atoms with van der Waals surface area (Å²) in [6.45, 7) is 6.13. The van der Waals surface area contributed by atoms with Crippen LogP contribution in [0.3, 0.4) is 0 Å². The molecule has 5 rings (SSSR count). The highest BCUT2D eigenvalue weighted by Gasteiger charge is 2.67. The van der Waals surface area contributed by atoms with Gasteiger partial charge < -0.3 is 9.47 Å². The van der Waals surface area contributed by atoms with Gasteiger partial charge in [0.1, 0.15) is 6.10 Å². The maximum atomic E-state index is 12.4. The van der Waals surface area contributed by atoms with E-state index in [-0.39, 0.29) is 12.2 Å². The van der Waals surface area contributed by atoms with Crippen LogP contribution >= 0.6 is 0 Å². The third-order valence-corrected chi connectivity index (χ3v) is 6.84. The lowest BCUT2D eigenvalue weighted by Gasteiger charge is -2.32. The summed E-state index contributed by atoms with van der Waals surface area (Å²) in [7, 11) is 0. The summed E-state index contributed by atoms with van der Waals surface area (Å²) in [5.41, 5.74) is 4.28. The number of aryl methyl sites for hydroxylation is 3. The molecule has 0 radical (unpaired) electrons. The predicted molar refractivity (Wildman–Crippen MR) is 91.0 cm³/mol. The molecule has 1 N–H and O–H groups in total. The Balaban J connectivity index is 1.26. The van der Waals surface area contributed by atoms with E-state index in [9.17, 15) is 4.79 Å². The third kappa shape index (κ3) is 2.12. The number of fused-ring (bicyclic) bond motifs is 7. The topological polar surface area (TPSA) is 50.9 Å². The number of amides is 1. The van der Waals surface area contributed by atoms with Crippen LogP contribution in [0.2, 0.25) is 0 Å². The number of hydrogen-bond donors (Lipinski definition) is 1. The molecule has 0 aromatic heterocycles. The molecule has 1 aromatic carbocycles. The average Bonchev–Trinajstić information content (AvgIpc) is 2.88. The summed E-state index contributed by atoms with van der Waals surface area (Å²) < 4.78 is 11.6. The molecule has 4 nitrogen and oxygen atoms in total. The Bertz CT molecular complexity index is 692. The molecule has 4 fully saturated rings. The van der Waals surface area contributed by atoms with Crippen LogP contribution in [0.25, 0.3) is 0 Å². The fourth-order valence-corrected chi connectivity index (χ4v) is 6.05. The largest absolute Gasteiger partial charge is 0.446 e. The maximum absolute atomic E-state index is 12.4. The zero-order valence-corrected chi connectivity index (χ0v) is 14.5. The number of benzene rings is 1. The van der Waals surface area contributed by atoms with Crippen molar-refractivity contribution >= 4 is 11.8 Å². The highest BCUT2D eigenvalue weighted by atomic mass is 16.6. The standard InChI is InChI=1S/C20H25NO3/c1-9-4-10(2)18(11(3)5-9)21-20(22)24-15-7-12-6-13(15)14-8-16-19(23-16)17(12)14/h4-5,12-17,19H,6-8H2,1-3H3,(H,21,22)/t12-,13-,14-,15-,16-,17-,19+/m1/s1. The number of ether oxygens (including phenoxy) is 2. The molecule has 1 aliphatic heterocycles. The van der Waals surface area contributed by atoms with Crippen LogP contribution in [-0.2, 0) is 9.47 Å². The van der Waals surface area contributed by atoms with E-state index in [2.05, 4.69) is 24.4 Å². The van der Waals surface area contributed by atoms with Gasteiger partial charge in [0.15, 0.2) is 0 Å². The normalized spacial score (nSPS) is 41.0. The average molecular weight is 327 g/mol. The lowest BCUT2D eigenvalue weighted by Crippen LogP contribution is -2.35. The first-order chi connectivity index (χ1) is 11.5. The second kappa shape index (κ2) is 4.98. The summed E-state index contributed by atoms with van der Waals surface area (Å²) in [6.07, 6.45) is 4.31. The second-order valence-corrected chi connectivity index (χ2v) is 8.35. The minimum absolute atomic E-state index is 0.0970. The first-order valence-corrected chi connectivity index (χ1v) is 9.22. The Morgan fingerprint density at radius 2 is 1.88 bits per heavy atom. The molecule has 7 atom stereocenters. The van der Waals surface area contributed by atoms with Crippen LogP contribution in [0, 0.1) is 44.4 Å². The summed E-state index contributed by atoms with van der Waals surface area (Å²) >= 11 is 0. The molecule has 4 aliphatic rings. The first kappa shape index (κ1) is 14.8. The molecule has 3 saturated carbocycles. The van der Waals surface area contributed by atoms with Gasteiger partial charge in [0.05, 0.1) is 12.2 Å². The molecule has 1 aromatic rings. The minimum Gasteiger partial charge on any atom is -0.446 e. The number of carbonyl (C=O) groups excluding carboxylic acids is 1. The Kier molecular flexibility index (Phi) is 3.06. The monoisotopic (exact) mass is 327 g/mol. The molecule has 3 aliphatic carbocycles. The third-order valence-electron chi connectivity index (χ3n) is 6.84. The van der Waals surface area contributed by atoms with Crippen molar-refractivity contribution in [3.63, 3.8) is 0 Å². The lowest BCUT2D eigenvalue weighted by molar-refractivity contribution is 0.0251. The SMILES string of the molecule is Cc1cc(C)c(NC(=O)O[C@@H]2C[C@H]3C[C@@H]2[C@H]2C[C@H]4O[C@@H]4[C@H]32)c(C)c1. The van der Waals surface area contributed by atoms with Crippen molar-refractivity contribution in [2.24, 2.45) is 23.7 Å². The van der Waals surface area contributed by atoms with Gasteiger partial charge >= 0.3 is 6.09 Å². The number of anilines is 1. The van der Waals surface area contributed by atoms with Crippen molar-refractivity contribution in [3.8, 4) is 0 Å². The van der Waals surface area contributed by atoms with Crippen LogP contribution < -0.4 is 5.32 Å². The number of hydrogen-bond acceptors (Lipinski definition) is 3. The number of rotatable bonds is 2. The molecule has 4 heteroatoms. The van der Waals surface area contributed by atoms with Gasteiger partial charge in [-0.25, -0.2) is 4.79 Å². The summed E-state index contributed by atoms with van der Waals surface area (Å²) in [6, 6.07) is 4.19. The zero-order valence-electron chi connectivity index (χ0n) is 14.5. The van der Waals surface area contributed by atoms with Crippen LogP contribution in [-0.4, -0.2) is 24.4 Å². The molecule has 1 amide bonds. The van der Waals surface area contributed by atoms with Gasteiger partial charge in [-0.1, -0.05) is 17.7 Å². The number of nitrogens with one attached hydrogen (secondary N) is 1. The van der Waals surface area contributed by atoms with Gasteiger partial charge in [0.2, 0.25) is 0 Å². The Hall–Kier alpha value is -1.55. The molecule has 0 spiro atoms. The van der Waals surface area contributed by atoms with E-state index in [0.717, 1.165) is 35.1 Å². The van der Waals surface area contributed by atoms with Gasteiger partial charge in [-0.3, -0.25) is 5.32 Å². The summed E-state index contributed by atoms with van der Waals surface area (Å²) in [5, 5.41) is 2.98. The number of epoxide rings is 1. The summed E-state index contributed by atoms with van der Waals surface area (Å²) in [4.78, 5) is 12.4. The summed E-state index contributed by atoms with van der Waals surface area (Å²) in [5.74, 6) is 2.75. The van der Waals surface area contributed by atoms with E-state index >= 15 is 0 Å². The van der Waals surface area contributed by atoms with Gasteiger partial charge in [-0.05, 0) is 74.8 Å². The highest BCUT2D eigenvalue weighted by Crippen LogP contribution is 2.64. The maximum Gasteiger partial charge on any atom is 0.411 e. The Morgan fingerprint density at radius 1 is 1.12 bits per heavy atom. The van der Waals surface area contributed by atoms with Crippen LogP contribution in [0.4, 0.5) is 10.5 Å². The first-order valence-electron chi connectivity index (χ1n) is 9.22. The van der Waals surface area contributed by atoms with Crippen molar-refractivity contribution in [1.29, 1.82) is 0 Å². The highest BCUT2D eigenvalue weighted by molar-refractivity contribution is 5.87. The molecular weight excluding hydrogens is 302 g/mol. The van der Waals surface area contributed by atoms with E-state index in [0.29, 0.717) is 24.0 Å². The fraction of sp³-hybridized carbons (Fsp3) is 0.650. The Labute approximate surface area is 142 Å². The molecular formula is C20H25NO3. The molecule has 0 unspecified atom stereocenters. The van der Waals surface area contributed by atoms with Crippen LogP contribution in [0.5, 0.6) is 0 Å². The van der Waals surface area contributed by atoms with Crippen LogP contribution in [0.15, 0.2) is 12.1 Å². The smallest absolute Gasteiger partial charge is 0.411 e. The quantitative estimate of drug-likeness (QED) is 0.836. The van der Waals surface area contributed by atoms with Gasteiger partial charge in [0.25, 0.3) is 0 Å². The van der Waals surface area contributed by atoms with Gasteiger partial charge in [0, 0.05) is 5.69 Å². The zero-order chi connectivity index (χ0) is 16.6. The van der Waals surface area contributed by atoms with Crippen molar-refractivity contribution < 1.29 is 14.3 Å². The Morgan fingerprint density at radius 3 is 2.62 bits per heavy atom. The molecule has 2 bridgehead atoms. The van der Waals surface area contributed by atoms with Crippen molar-refractivity contribution in [2.75, 3.05) is 5.32 Å². The molecule has 1 heterocycles.